The van der Waals surface area contributed by atoms with Crippen molar-refractivity contribution in [3.63, 3.8) is 0 Å². The van der Waals surface area contributed by atoms with Crippen LogP contribution in [0.25, 0.3) is 0 Å². The number of hydrogen-bond acceptors (Lipinski definition) is 2. The van der Waals surface area contributed by atoms with Gasteiger partial charge in [0.05, 0.1) is 12.1 Å². The third-order valence-corrected chi connectivity index (χ3v) is 3.25. The second-order valence-corrected chi connectivity index (χ2v) is 4.21. The molecule has 3 aliphatic rings. The quantitative estimate of drug-likeness (QED) is 0.673. The summed E-state index contributed by atoms with van der Waals surface area (Å²) in [5, 5.41) is 2.95. The van der Waals surface area contributed by atoms with Crippen LogP contribution in [0, 0.1) is 5.92 Å². The third-order valence-electron chi connectivity index (χ3n) is 3.25. The minimum atomic E-state index is -0.0797. The molecule has 3 rings (SSSR count). The SMILES string of the molecule is C=CC(=O)NC1CCC2CCC1OC2. The van der Waals surface area contributed by atoms with Gasteiger partial charge in [-0.05, 0) is 37.7 Å². The van der Waals surface area contributed by atoms with Crippen molar-refractivity contribution >= 4 is 5.91 Å². The van der Waals surface area contributed by atoms with E-state index in [-0.39, 0.29) is 18.1 Å². The molecule has 2 bridgehead atoms. The van der Waals surface area contributed by atoms with Crippen molar-refractivity contribution in [3.8, 4) is 0 Å². The molecule has 3 fully saturated rings. The lowest BCUT2D eigenvalue weighted by molar-refractivity contribution is -0.118. The average molecular weight is 195 g/mol. The predicted molar refractivity (Wildman–Crippen MR) is 53.8 cm³/mol. The lowest BCUT2D eigenvalue weighted by Gasteiger charge is -2.28. The number of carbonyl (C=O) groups excluding carboxylic acids is 1. The van der Waals surface area contributed by atoms with Crippen molar-refractivity contribution in [1.29, 1.82) is 0 Å². The molecule has 14 heavy (non-hydrogen) atoms. The van der Waals surface area contributed by atoms with E-state index >= 15 is 0 Å². The summed E-state index contributed by atoms with van der Waals surface area (Å²) in [6, 6.07) is 0.202. The van der Waals surface area contributed by atoms with Crippen LogP contribution in [0.5, 0.6) is 0 Å². The normalized spacial score (nSPS) is 36.1. The van der Waals surface area contributed by atoms with Crippen LogP contribution >= 0.6 is 0 Å². The van der Waals surface area contributed by atoms with Crippen molar-refractivity contribution in [2.24, 2.45) is 5.92 Å². The second kappa shape index (κ2) is 4.13. The van der Waals surface area contributed by atoms with Gasteiger partial charge in [-0.25, -0.2) is 0 Å². The largest absolute Gasteiger partial charge is 0.376 e. The van der Waals surface area contributed by atoms with E-state index in [4.69, 9.17) is 4.74 Å². The molecule has 1 saturated carbocycles. The van der Waals surface area contributed by atoms with E-state index in [1.807, 2.05) is 0 Å². The first-order chi connectivity index (χ1) is 6.79. The maximum absolute atomic E-state index is 11.2. The van der Waals surface area contributed by atoms with Crippen LogP contribution in [0.3, 0.4) is 0 Å². The van der Waals surface area contributed by atoms with Gasteiger partial charge in [-0.2, -0.15) is 0 Å². The highest BCUT2D eigenvalue weighted by molar-refractivity contribution is 5.87. The lowest BCUT2D eigenvalue weighted by Crippen LogP contribution is -2.43. The van der Waals surface area contributed by atoms with Gasteiger partial charge in [0, 0.05) is 6.61 Å². The Morgan fingerprint density at radius 2 is 2.14 bits per heavy atom. The van der Waals surface area contributed by atoms with E-state index in [0.717, 1.165) is 25.4 Å². The first-order valence-corrected chi connectivity index (χ1v) is 5.34. The van der Waals surface area contributed by atoms with Gasteiger partial charge in [-0.15, -0.1) is 0 Å². The van der Waals surface area contributed by atoms with Crippen molar-refractivity contribution in [1.82, 2.24) is 5.32 Å². The Labute approximate surface area is 84.5 Å². The van der Waals surface area contributed by atoms with Crippen LogP contribution in [-0.2, 0) is 9.53 Å². The van der Waals surface area contributed by atoms with Gasteiger partial charge >= 0.3 is 0 Å². The number of carbonyl (C=O) groups is 1. The van der Waals surface area contributed by atoms with Crippen LogP contribution in [0.4, 0.5) is 0 Å². The molecule has 1 N–H and O–H groups in total. The summed E-state index contributed by atoms with van der Waals surface area (Å²) in [4.78, 5) is 11.2. The molecule has 0 aromatic heterocycles. The summed E-state index contributed by atoms with van der Waals surface area (Å²) in [7, 11) is 0. The van der Waals surface area contributed by atoms with E-state index in [2.05, 4.69) is 11.9 Å². The maximum atomic E-state index is 11.2. The van der Waals surface area contributed by atoms with Crippen LogP contribution in [-0.4, -0.2) is 24.7 Å². The smallest absolute Gasteiger partial charge is 0.243 e. The van der Waals surface area contributed by atoms with Crippen molar-refractivity contribution in [3.05, 3.63) is 12.7 Å². The predicted octanol–water partition coefficient (Wildman–Crippen LogP) is 1.25. The number of nitrogens with one attached hydrogen (secondary N) is 1. The number of fused-ring (bicyclic) bond motifs is 4. The first-order valence-electron chi connectivity index (χ1n) is 5.34. The molecule has 3 heteroatoms. The minimum Gasteiger partial charge on any atom is -0.376 e. The minimum absolute atomic E-state index is 0.0797. The van der Waals surface area contributed by atoms with Gasteiger partial charge in [0.1, 0.15) is 0 Å². The lowest BCUT2D eigenvalue weighted by atomic mass is 10.00. The molecule has 2 aliphatic heterocycles. The Hall–Kier alpha value is -0.830. The Bertz CT molecular complexity index is 231. The Balaban J connectivity index is 1.97. The highest BCUT2D eigenvalue weighted by Gasteiger charge is 2.33. The van der Waals surface area contributed by atoms with E-state index in [0.29, 0.717) is 0 Å². The molecular weight excluding hydrogens is 178 g/mol. The number of ether oxygens (including phenoxy) is 1. The standard InChI is InChI=1S/C11H17NO2/c1-2-11(13)12-9-5-3-8-4-6-10(9)14-7-8/h2,8-10H,1,3-7H2,(H,12,13). The molecule has 2 saturated heterocycles. The Morgan fingerprint density at radius 1 is 1.36 bits per heavy atom. The first kappa shape index (κ1) is 9.71. The van der Waals surface area contributed by atoms with Crippen LogP contribution in [0.1, 0.15) is 25.7 Å². The van der Waals surface area contributed by atoms with Crippen molar-refractivity contribution < 1.29 is 9.53 Å². The molecule has 0 radical (unpaired) electrons. The summed E-state index contributed by atoms with van der Waals surface area (Å²) < 4.78 is 5.71. The highest BCUT2D eigenvalue weighted by atomic mass is 16.5. The van der Waals surface area contributed by atoms with Gasteiger partial charge in [0.15, 0.2) is 0 Å². The fraction of sp³-hybridized carbons (Fsp3) is 0.727. The molecule has 78 valence electrons. The fourth-order valence-corrected chi connectivity index (χ4v) is 2.38. The summed E-state index contributed by atoms with van der Waals surface area (Å²) in [5.74, 6) is 0.640. The van der Waals surface area contributed by atoms with Gasteiger partial charge in [-0.1, -0.05) is 6.58 Å². The van der Waals surface area contributed by atoms with Gasteiger partial charge in [0.2, 0.25) is 5.91 Å². The van der Waals surface area contributed by atoms with Gasteiger partial charge in [-0.3, -0.25) is 4.79 Å². The molecular formula is C11H17NO2. The fourth-order valence-electron chi connectivity index (χ4n) is 2.38. The topological polar surface area (TPSA) is 38.3 Å². The summed E-state index contributed by atoms with van der Waals surface area (Å²) in [6.45, 7) is 4.34. The van der Waals surface area contributed by atoms with Crippen molar-refractivity contribution in [2.45, 2.75) is 37.8 Å². The van der Waals surface area contributed by atoms with Crippen LogP contribution < -0.4 is 5.32 Å². The number of rotatable bonds is 2. The molecule has 2 heterocycles. The molecule has 3 atom stereocenters. The van der Waals surface area contributed by atoms with E-state index < -0.39 is 0 Å². The van der Waals surface area contributed by atoms with E-state index in [9.17, 15) is 4.79 Å². The van der Waals surface area contributed by atoms with Crippen LogP contribution in [0.2, 0.25) is 0 Å². The molecule has 3 nitrogen and oxygen atoms in total. The van der Waals surface area contributed by atoms with Gasteiger partial charge < -0.3 is 10.1 Å². The molecule has 3 unspecified atom stereocenters. The summed E-state index contributed by atoms with van der Waals surface area (Å²) in [5.41, 5.74) is 0. The summed E-state index contributed by atoms with van der Waals surface area (Å²) >= 11 is 0. The molecule has 0 aromatic carbocycles. The zero-order valence-corrected chi connectivity index (χ0v) is 8.37. The third kappa shape index (κ3) is 1.98. The second-order valence-electron chi connectivity index (χ2n) is 4.21. The van der Waals surface area contributed by atoms with E-state index in [1.54, 1.807) is 0 Å². The molecule has 1 amide bonds. The molecule has 0 aromatic rings. The zero-order valence-electron chi connectivity index (χ0n) is 8.37. The van der Waals surface area contributed by atoms with Crippen molar-refractivity contribution in [2.75, 3.05) is 6.61 Å². The highest BCUT2D eigenvalue weighted by Crippen LogP contribution is 2.31. The number of hydrogen-bond donors (Lipinski definition) is 1. The number of amides is 1. The van der Waals surface area contributed by atoms with Crippen LogP contribution in [0.15, 0.2) is 12.7 Å². The Kier molecular flexibility index (Phi) is 2.87. The maximum Gasteiger partial charge on any atom is 0.243 e. The average Bonchev–Trinajstić information content (AvgIpc) is 2.52. The summed E-state index contributed by atoms with van der Waals surface area (Å²) in [6.07, 6.45) is 6.14. The van der Waals surface area contributed by atoms with Gasteiger partial charge in [0.25, 0.3) is 0 Å². The van der Waals surface area contributed by atoms with E-state index in [1.165, 1.54) is 18.9 Å². The Morgan fingerprint density at radius 3 is 2.79 bits per heavy atom. The molecule has 0 spiro atoms. The zero-order chi connectivity index (χ0) is 9.97. The monoisotopic (exact) mass is 195 g/mol. The molecule has 1 aliphatic carbocycles.